The monoisotopic (exact) mass is 356 g/mol. The van der Waals surface area contributed by atoms with Gasteiger partial charge in [0, 0.05) is 25.5 Å². The molecule has 3 rings (SSSR count). The smallest absolute Gasteiger partial charge is 0.233 e. The summed E-state index contributed by atoms with van der Waals surface area (Å²) >= 11 is 1.40. The van der Waals surface area contributed by atoms with Crippen LogP contribution in [0.1, 0.15) is 30.0 Å². The Hall–Kier alpha value is -1.92. The fourth-order valence-corrected chi connectivity index (χ4v) is 3.88. The van der Waals surface area contributed by atoms with E-state index in [-0.39, 0.29) is 11.9 Å². The average Bonchev–Trinajstić information content (AvgIpc) is 3.10. The van der Waals surface area contributed by atoms with Crippen LogP contribution in [0.15, 0.2) is 47.9 Å². The van der Waals surface area contributed by atoms with E-state index in [1.807, 2.05) is 4.90 Å². The molecule has 0 radical (unpaired) electrons. The van der Waals surface area contributed by atoms with Crippen LogP contribution < -0.4 is 0 Å². The highest BCUT2D eigenvalue weighted by molar-refractivity contribution is 7.99. The molecule has 1 aromatic heterocycles. The van der Waals surface area contributed by atoms with E-state index in [1.54, 1.807) is 18.5 Å². The fourth-order valence-electron chi connectivity index (χ4n) is 3.19. The van der Waals surface area contributed by atoms with Gasteiger partial charge in [0.2, 0.25) is 5.91 Å². The van der Waals surface area contributed by atoms with Crippen LogP contribution in [0.3, 0.4) is 0 Å². The van der Waals surface area contributed by atoms with Crippen molar-refractivity contribution in [3.8, 4) is 0 Å². The van der Waals surface area contributed by atoms with Crippen molar-refractivity contribution < 1.29 is 4.79 Å². The summed E-state index contributed by atoms with van der Waals surface area (Å²) in [6.07, 6.45) is 5.50. The third kappa shape index (κ3) is 4.80. The van der Waals surface area contributed by atoms with Crippen molar-refractivity contribution in [2.24, 2.45) is 0 Å². The SMILES string of the molecule is CN(C)Cc1ccc([C@@H]2CCCN2C(=O)CSc2ncccn2)cc1. The summed E-state index contributed by atoms with van der Waals surface area (Å²) in [5.41, 5.74) is 2.52. The molecule has 1 aliphatic rings. The van der Waals surface area contributed by atoms with Gasteiger partial charge in [-0.1, -0.05) is 36.0 Å². The second-order valence-electron chi connectivity index (χ2n) is 6.54. The number of hydrogen-bond acceptors (Lipinski definition) is 5. The van der Waals surface area contributed by atoms with Crippen molar-refractivity contribution in [2.45, 2.75) is 30.6 Å². The maximum absolute atomic E-state index is 12.7. The van der Waals surface area contributed by atoms with Gasteiger partial charge in [-0.3, -0.25) is 4.79 Å². The zero-order valence-corrected chi connectivity index (χ0v) is 15.6. The first kappa shape index (κ1) is 17.9. The molecule has 1 amide bonds. The predicted octanol–water partition coefficient (Wildman–Crippen LogP) is 2.99. The van der Waals surface area contributed by atoms with E-state index in [0.29, 0.717) is 10.9 Å². The molecule has 0 unspecified atom stereocenters. The van der Waals surface area contributed by atoms with Crippen molar-refractivity contribution in [3.05, 3.63) is 53.9 Å². The summed E-state index contributed by atoms with van der Waals surface area (Å²) in [7, 11) is 4.14. The molecule has 1 aliphatic heterocycles. The number of nitrogens with zero attached hydrogens (tertiary/aromatic N) is 4. The molecular weight excluding hydrogens is 332 g/mol. The second kappa shape index (κ2) is 8.45. The molecule has 5 nitrogen and oxygen atoms in total. The molecule has 0 spiro atoms. The molecule has 0 saturated carbocycles. The van der Waals surface area contributed by atoms with Crippen molar-refractivity contribution in [2.75, 3.05) is 26.4 Å². The molecule has 1 saturated heterocycles. The summed E-state index contributed by atoms with van der Waals surface area (Å²) < 4.78 is 0. The van der Waals surface area contributed by atoms with Gasteiger partial charge in [0.1, 0.15) is 0 Å². The summed E-state index contributed by atoms with van der Waals surface area (Å²) in [5.74, 6) is 0.552. The molecule has 1 atom stereocenters. The van der Waals surface area contributed by atoms with Gasteiger partial charge in [0.25, 0.3) is 0 Å². The molecule has 1 aromatic carbocycles. The predicted molar refractivity (Wildman–Crippen MR) is 100 cm³/mol. The molecule has 132 valence electrons. The van der Waals surface area contributed by atoms with E-state index < -0.39 is 0 Å². The van der Waals surface area contributed by atoms with Crippen molar-refractivity contribution in [1.29, 1.82) is 0 Å². The molecule has 25 heavy (non-hydrogen) atoms. The summed E-state index contributed by atoms with van der Waals surface area (Å²) in [4.78, 5) is 25.2. The lowest BCUT2D eigenvalue weighted by Crippen LogP contribution is -2.32. The Labute approximate surface area is 153 Å². The van der Waals surface area contributed by atoms with Gasteiger partial charge in [-0.25, -0.2) is 9.97 Å². The summed E-state index contributed by atoms with van der Waals surface area (Å²) in [5, 5.41) is 0.652. The standard InChI is InChI=1S/C19H24N4OS/c1-22(2)13-15-6-8-16(9-7-15)17-5-3-12-23(17)18(24)14-25-19-20-10-4-11-21-19/h4,6-11,17H,3,5,12-14H2,1-2H3/t17-/m0/s1. The Morgan fingerprint density at radius 1 is 1.24 bits per heavy atom. The maximum atomic E-state index is 12.7. The fraction of sp³-hybridized carbons (Fsp3) is 0.421. The molecule has 0 N–H and O–H groups in total. The quantitative estimate of drug-likeness (QED) is 0.588. The highest BCUT2D eigenvalue weighted by Crippen LogP contribution is 2.32. The van der Waals surface area contributed by atoms with Crippen molar-refractivity contribution >= 4 is 17.7 Å². The lowest BCUT2D eigenvalue weighted by molar-refractivity contribution is -0.129. The number of carbonyl (C=O) groups excluding carboxylic acids is 1. The first-order valence-corrected chi connectivity index (χ1v) is 9.55. The zero-order valence-electron chi connectivity index (χ0n) is 14.8. The lowest BCUT2D eigenvalue weighted by atomic mass is 10.0. The van der Waals surface area contributed by atoms with Crippen LogP contribution >= 0.6 is 11.8 Å². The number of likely N-dealkylation sites (tertiary alicyclic amines) is 1. The van der Waals surface area contributed by atoms with E-state index in [0.717, 1.165) is 25.9 Å². The van der Waals surface area contributed by atoms with Crippen LogP contribution in [-0.2, 0) is 11.3 Å². The van der Waals surface area contributed by atoms with E-state index in [1.165, 1.54) is 22.9 Å². The van der Waals surface area contributed by atoms with Gasteiger partial charge in [0.05, 0.1) is 11.8 Å². The van der Waals surface area contributed by atoms with Crippen LogP contribution in [0.25, 0.3) is 0 Å². The number of benzene rings is 1. The summed E-state index contributed by atoms with van der Waals surface area (Å²) in [6.45, 7) is 1.76. The van der Waals surface area contributed by atoms with Gasteiger partial charge < -0.3 is 9.80 Å². The average molecular weight is 356 g/mol. The third-order valence-electron chi connectivity index (χ3n) is 4.30. The van der Waals surface area contributed by atoms with Gasteiger partial charge >= 0.3 is 0 Å². The first-order valence-electron chi connectivity index (χ1n) is 8.56. The minimum atomic E-state index is 0.164. The number of aromatic nitrogens is 2. The van der Waals surface area contributed by atoms with Gasteiger partial charge in [-0.2, -0.15) is 0 Å². The van der Waals surface area contributed by atoms with Crippen molar-refractivity contribution in [1.82, 2.24) is 19.8 Å². The molecule has 2 aromatic rings. The van der Waals surface area contributed by atoms with Crippen LogP contribution in [0.5, 0.6) is 0 Å². The minimum absolute atomic E-state index is 0.164. The summed E-state index contributed by atoms with van der Waals surface area (Å²) in [6, 6.07) is 10.7. The number of thioether (sulfide) groups is 1. The Morgan fingerprint density at radius 2 is 1.96 bits per heavy atom. The number of hydrogen-bond donors (Lipinski definition) is 0. The van der Waals surface area contributed by atoms with E-state index in [2.05, 4.69) is 53.2 Å². The van der Waals surface area contributed by atoms with Crippen LogP contribution in [0, 0.1) is 0 Å². The Balaban J connectivity index is 1.62. The molecule has 1 fully saturated rings. The number of rotatable bonds is 6. The topological polar surface area (TPSA) is 49.3 Å². The molecular formula is C19H24N4OS. The van der Waals surface area contributed by atoms with Gasteiger partial charge in [-0.15, -0.1) is 0 Å². The molecule has 0 aliphatic carbocycles. The van der Waals surface area contributed by atoms with Crippen LogP contribution in [0.2, 0.25) is 0 Å². The Kier molecular flexibility index (Phi) is 6.04. The zero-order chi connectivity index (χ0) is 17.6. The van der Waals surface area contributed by atoms with E-state index in [9.17, 15) is 4.79 Å². The van der Waals surface area contributed by atoms with Crippen LogP contribution in [0.4, 0.5) is 0 Å². The molecule has 6 heteroatoms. The van der Waals surface area contributed by atoms with E-state index >= 15 is 0 Å². The van der Waals surface area contributed by atoms with Crippen LogP contribution in [-0.4, -0.2) is 52.1 Å². The van der Waals surface area contributed by atoms with Crippen molar-refractivity contribution in [3.63, 3.8) is 0 Å². The first-order chi connectivity index (χ1) is 12.1. The Bertz CT molecular complexity index is 690. The Morgan fingerprint density at radius 3 is 2.64 bits per heavy atom. The van der Waals surface area contributed by atoms with E-state index in [4.69, 9.17) is 0 Å². The number of amides is 1. The highest BCUT2D eigenvalue weighted by Gasteiger charge is 2.29. The number of carbonyl (C=O) groups is 1. The maximum Gasteiger partial charge on any atom is 0.233 e. The highest BCUT2D eigenvalue weighted by atomic mass is 32.2. The van der Waals surface area contributed by atoms with Gasteiger partial charge in [-0.05, 0) is 44.1 Å². The molecule has 0 bridgehead atoms. The van der Waals surface area contributed by atoms with Gasteiger partial charge in [0.15, 0.2) is 5.16 Å². The largest absolute Gasteiger partial charge is 0.335 e. The third-order valence-corrected chi connectivity index (χ3v) is 5.16. The second-order valence-corrected chi connectivity index (χ2v) is 7.49. The molecule has 2 heterocycles. The minimum Gasteiger partial charge on any atom is -0.335 e. The lowest BCUT2D eigenvalue weighted by Gasteiger charge is -2.25. The normalized spacial score (nSPS) is 17.2.